The Labute approximate surface area is 149 Å². The Bertz CT molecular complexity index is 852. The van der Waals surface area contributed by atoms with Crippen LogP contribution in [0, 0.1) is 5.92 Å². The van der Waals surface area contributed by atoms with Gasteiger partial charge in [0.05, 0.1) is 6.54 Å². The molecule has 8 heteroatoms. The van der Waals surface area contributed by atoms with Crippen LogP contribution in [0.4, 0.5) is 0 Å². The third-order valence-electron chi connectivity index (χ3n) is 4.22. The van der Waals surface area contributed by atoms with Crippen molar-refractivity contribution in [3.8, 4) is 0 Å². The molecule has 0 saturated heterocycles. The second kappa shape index (κ2) is 7.02. The molecule has 4 heterocycles. The predicted octanol–water partition coefficient (Wildman–Crippen LogP) is 1.91. The number of carbonyl (C=O) groups excluding carboxylic acids is 1. The van der Waals surface area contributed by atoms with Crippen LogP contribution in [0.5, 0.6) is 0 Å². The van der Waals surface area contributed by atoms with E-state index >= 15 is 0 Å². The number of amides is 1. The van der Waals surface area contributed by atoms with E-state index < -0.39 is 0 Å². The van der Waals surface area contributed by atoms with Crippen LogP contribution < -0.4 is 0 Å². The molecule has 3 aromatic rings. The average Bonchev–Trinajstić information content (AvgIpc) is 3.35. The first-order valence-corrected chi connectivity index (χ1v) is 8.99. The Hall–Kier alpha value is -2.74. The van der Waals surface area contributed by atoms with Crippen LogP contribution in [0.1, 0.15) is 10.7 Å². The standard InChI is InChI=1S/C17H18N6OS/c24-17(4-3-15-2-1-7-25-15)22-9-14(10-23-13-18-12-20-23)8-21-6-5-19-16(21)11-22/h1-7,12-14H,8-11H2/b4-3+. The highest BCUT2D eigenvalue weighted by molar-refractivity contribution is 7.10. The number of hydrogen-bond donors (Lipinski definition) is 0. The second-order valence-electron chi connectivity index (χ2n) is 6.05. The molecule has 0 aliphatic carbocycles. The first-order valence-electron chi connectivity index (χ1n) is 8.11. The lowest BCUT2D eigenvalue weighted by atomic mass is 10.1. The minimum Gasteiger partial charge on any atom is -0.333 e. The molecule has 3 aromatic heterocycles. The summed E-state index contributed by atoms with van der Waals surface area (Å²) in [7, 11) is 0. The molecule has 1 amide bonds. The summed E-state index contributed by atoms with van der Waals surface area (Å²) < 4.78 is 3.94. The fraction of sp³-hybridized carbons (Fsp3) is 0.294. The summed E-state index contributed by atoms with van der Waals surface area (Å²) in [6.45, 7) is 2.72. The molecule has 0 radical (unpaired) electrons. The van der Waals surface area contributed by atoms with Gasteiger partial charge in [0.1, 0.15) is 18.5 Å². The molecule has 0 N–H and O–H groups in total. The van der Waals surface area contributed by atoms with Crippen molar-refractivity contribution in [2.45, 2.75) is 19.6 Å². The van der Waals surface area contributed by atoms with Crippen molar-refractivity contribution in [2.24, 2.45) is 5.92 Å². The number of hydrogen-bond acceptors (Lipinski definition) is 5. The van der Waals surface area contributed by atoms with Crippen molar-refractivity contribution in [2.75, 3.05) is 6.54 Å². The van der Waals surface area contributed by atoms with Crippen molar-refractivity contribution in [3.63, 3.8) is 0 Å². The predicted molar refractivity (Wildman–Crippen MR) is 94.5 cm³/mol. The SMILES string of the molecule is O=C(/C=C/c1cccs1)N1Cc2nccn2CC(Cn2cncn2)C1. The van der Waals surface area contributed by atoms with Gasteiger partial charge in [0.15, 0.2) is 0 Å². The smallest absolute Gasteiger partial charge is 0.247 e. The number of fused-ring (bicyclic) bond motifs is 1. The lowest BCUT2D eigenvalue weighted by Crippen LogP contribution is -2.34. The normalized spacial score (nSPS) is 17.6. The molecule has 1 atom stereocenters. The maximum atomic E-state index is 12.7. The van der Waals surface area contributed by atoms with Gasteiger partial charge in [-0.25, -0.2) is 9.97 Å². The summed E-state index contributed by atoms with van der Waals surface area (Å²) in [5.74, 6) is 1.17. The van der Waals surface area contributed by atoms with Crippen molar-refractivity contribution in [1.29, 1.82) is 0 Å². The highest BCUT2D eigenvalue weighted by Crippen LogP contribution is 2.18. The molecule has 1 aliphatic heterocycles. The van der Waals surface area contributed by atoms with E-state index in [1.807, 2.05) is 39.4 Å². The van der Waals surface area contributed by atoms with Gasteiger partial charge in [0.25, 0.3) is 0 Å². The number of aromatic nitrogens is 5. The molecule has 128 valence electrons. The Kier molecular flexibility index (Phi) is 4.43. The van der Waals surface area contributed by atoms with E-state index in [1.165, 1.54) is 6.33 Å². The Balaban J connectivity index is 1.53. The first kappa shape index (κ1) is 15.8. The Morgan fingerprint density at radius 2 is 2.36 bits per heavy atom. The second-order valence-corrected chi connectivity index (χ2v) is 7.03. The summed E-state index contributed by atoms with van der Waals surface area (Å²) in [5.41, 5.74) is 0. The van der Waals surface area contributed by atoms with Gasteiger partial charge in [-0.2, -0.15) is 5.10 Å². The fourth-order valence-electron chi connectivity index (χ4n) is 3.06. The van der Waals surface area contributed by atoms with Crippen molar-refractivity contribution in [3.05, 3.63) is 59.3 Å². The molecular formula is C17H18N6OS. The zero-order chi connectivity index (χ0) is 17.1. The highest BCUT2D eigenvalue weighted by atomic mass is 32.1. The van der Waals surface area contributed by atoms with Gasteiger partial charge in [-0.1, -0.05) is 6.07 Å². The van der Waals surface area contributed by atoms with Crippen LogP contribution in [0.2, 0.25) is 0 Å². The van der Waals surface area contributed by atoms with Gasteiger partial charge in [-0.3, -0.25) is 9.48 Å². The molecule has 1 aliphatic rings. The quantitative estimate of drug-likeness (QED) is 0.671. The van der Waals surface area contributed by atoms with E-state index in [2.05, 4.69) is 19.6 Å². The fourth-order valence-corrected chi connectivity index (χ4v) is 3.68. The molecule has 0 fully saturated rings. The third kappa shape index (κ3) is 3.69. The monoisotopic (exact) mass is 354 g/mol. The van der Waals surface area contributed by atoms with E-state index in [9.17, 15) is 4.79 Å². The third-order valence-corrected chi connectivity index (χ3v) is 5.06. The molecule has 0 aromatic carbocycles. The van der Waals surface area contributed by atoms with Crippen molar-refractivity contribution >= 4 is 23.3 Å². The van der Waals surface area contributed by atoms with Gasteiger partial charge in [-0.05, 0) is 17.5 Å². The van der Waals surface area contributed by atoms with Crippen LogP contribution in [0.25, 0.3) is 6.08 Å². The summed E-state index contributed by atoms with van der Waals surface area (Å²) in [5, 5.41) is 6.19. The van der Waals surface area contributed by atoms with E-state index in [4.69, 9.17) is 0 Å². The van der Waals surface area contributed by atoms with Crippen molar-refractivity contribution < 1.29 is 4.79 Å². The molecule has 25 heavy (non-hydrogen) atoms. The van der Waals surface area contributed by atoms with E-state index in [1.54, 1.807) is 29.9 Å². The maximum absolute atomic E-state index is 12.7. The van der Waals surface area contributed by atoms with Gasteiger partial charge >= 0.3 is 0 Å². The van der Waals surface area contributed by atoms with Crippen LogP contribution in [-0.4, -0.2) is 41.7 Å². The van der Waals surface area contributed by atoms with Gasteiger partial charge < -0.3 is 9.47 Å². The summed E-state index contributed by atoms with van der Waals surface area (Å²) in [6, 6.07) is 3.98. The zero-order valence-corrected chi connectivity index (χ0v) is 14.4. The molecule has 4 rings (SSSR count). The number of rotatable bonds is 4. The van der Waals surface area contributed by atoms with Crippen LogP contribution >= 0.6 is 11.3 Å². The minimum atomic E-state index is 0.00782. The van der Waals surface area contributed by atoms with Crippen LogP contribution in [0.3, 0.4) is 0 Å². The lowest BCUT2D eigenvalue weighted by Gasteiger charge is -2.22. The molecule has 7 nitrogen and oxygen atoms in total. The minimum absolute atomic E-state index is 0.00782. The van der Waals surface area contributed by atoms with E-state index in [-0.39, 0.29) is 11.8 Å². The lowest BCUT2D eigenvalue weighted by molar-refractivity contribution is -0.127. The highest BCUT2D eigenvalue weighted by Gasteiger charge is 2.25. The molecule has 1 unspecified atom stereocenters. The van der Waals surface area contributed by atoms with E-state index in [0.717, 1.165) is 23.8 Å². The number of nitrogens with zero attached hydrogens (tertiary/aromatic N) is 6. The zero-order valence-electron chi connectivity index (χ0n) is 13.6. The van der Waals surface area contributed by atoms with E-state index in [0.29, 0.717) is 13.1 Å². The number of carbonyl (C=O) groups is 1. The van der Waals surface area contributed by atoms with Gasteiger partial charge in [0.2, 0.25) is 5.91 Å². The molecule has 0 saturated carbocycles. The summed E-state index contributed by atoms with van der Waals surface area (Å²) >= 11 is 1.62. The van der Waals surface area contributed by atoms with Crippen LogP contribution in [0.15, 0.2) is 48.6 Å². The van der Waals surface area contributed by atoms with Gasteiger partial charge in [0, 0.05) is 48.9 Å². The largest absolute Gasteiger partial charge is 0.333 e. The Morgan fingerprint density at radius 1 is 1.40 bits per heavy atom. The summed E-state index contributed by atoms with van der Waals surface area (Å²) in [6.07, 6.45) is 10.5. The van der Waals surface area contributed by atoms with Crippen LogP contribution in [-0.2, 0) is 24.4 Å². The van der Waals surface area contributed by atoms with Crippen molar-refractivity contribution in [1.82, 2.24) is 29.2 Å². The number of imidazole rings is 1. The topological polar surface area (TPSA) is 68.8 Å². The first-order chi connectivity index (χ1) is 12.3. The van der Waals surface area contributed by atoms with Gasteiger partial charge in [-0.15, -0.1) is 11.3 Å². The molecule has 0 spiro atoms. The molecule has 0 bridgehead atoms. The Morgan fingerprint density at radius 3 is 3.16 bits per heavy atom. The number of thiophene rings is 1. The summed E-state index contributed by atoms with van der Waals surface area (Å²) in [4.78, 5) is 24.0. The maximum Gasteiger partial charge on any atom is 0.247 e. The average molecular weight is 354 g/mol. The molecular weight excluding hydrogens is 336 g/mol.